The van der Waals surface area contributed by atoms with Crippen molar-refractivity contribution in [2.24, 2.45) is 4.99 Å². The van der Waals surface area contributed by atoms with E-state index in [2.05, 4.69) is 4.99 Å². The fraction of sp³-hybridized carbons (Fsp3) is 0.207. The zero-order chi connectivity index (χ0) is 28.6. The Morgan fingerprint density at radius 3 is 2.60 bits per heavy atom. The van der Waals surface area contributed by atoms with Crippen molar-refractivity contribution in [3.63, 3.8) is 0 Å². The molecule has 3 heterocycles. The van der Waals surface area contributed by atoms with Gasteiger partial charge in [-0.1, -0.05) is 34.5 Å². The number of nitrogens with zero attached hydrogens (tertiary/aromatic N) is 2. The average Bonchev–Trinajstić information content (AvgIpc) is 3.53. The fourth-order valence-corrected chi connectivity index (χ4v) is 5.82. The highest BCUT2D eigenvalue weighted by atomic mass is 35.5. The van der Waals surface area contributed by atoms with Crippen LogP contribution in [0.3, 0.4) is 0 Å². The summed E-state index contributed by atoms with van der Waals surface area (Å²) in [5.74, 6) is 1.50. The minimum atomic E-state index is -0.832. The van der Waals surface area contributed by atoms with E-state index in [1.807, 2.05) is 0 Å². The number of carbonyl (C=O) groups excluding carboxylic acids is 1. The van der Waals surface area contributed by atoms with Gasteiger partial charge in [0.05, 0.1) is 46.7 Å². The molecule has 40 heavy (non-hydrogen) atoms. The number of benzene rings is 2. The molecule has 0 saturated heterocycles. The summed E-state index contributed by atoms with van der Waals surface area (Å²) in [6.45, 7) is 3.62. The van der Waals surface area contributed by atoms with E-state index in [1.165, 1.54) is 23.0 Å². The van der Waals surface area contributed by atoms with E-state index >= 15 is 0 Å². The molecule has 0 amide bonds. The van der Waals surface area contributed by atoms with Gasteiger partial charge >= 0.3 is 5.97 Å². The van der Waals surface area contributed by atoms with Crippen LogP contribution < -0.4 is 24.4 Å². The van der Waals surface area contributed by atoms with Crippen LogP contribution in [0.25, 0.3) is 17.4 Å². The second kappa shape index (κ2) is 11.4. The van der Waals surface area contributed by atoms with Crippen LogP contribution in [0.15, 0.2) is 74.0 Å². The summed E-state index contributed by atoms with van der Waals surface area (Å²) in [4.78, 5) is 32.1. The molecule has 1 atom stereocenters. The third kappa shape index (κ3) is 5.08. The Balaban J connectivity index is 1.66. The Morgan fingerprint density at radius 2 is 1.90 bits per heavy atom. The largest absolute Gasteiger partial charge is 0.497 e. The van der Waals surface area contributed by atoms with E-state index in [0.717, 1.165) is 5.56 Å². The normalized spacial score (nSPS) is 15.1. The first kappa shape index (κ1) is 27.8. The smallest absolute Gasteiger partial charge is 0.338 e. The number of carbonyl (C=O) groups is 1. The van der Waals surface area contributed by atoms with Gasteiger partial charge in [0.2, 0.25) is 0 Å². The summed E-state index contributed by atoms with van der Waals surface area (Å²) in [7, 11) is 3.07. The van der Waals surface area contributed by atoms with Gasteiger partial charge in [-0.3, -0.25) is 9.36 Å². The standard InChI is InChI=1S/C29H24Cl2N2O6S/c1-5-38-28(35)25-15(2)32-29-33(26(25)19-9-7-17(36-3)13-23(19)37-4)27(34)24(40-29)14-18-8-11-22(39-18)16-6-10-20(30)21(31)12-16/h6-14,26H,5H2,1-4H3/b24-14-. The molecule has 0 spiro atoms. The number of furan rings is 1. The van der Waals surface area contributed by atoms with Gasteiger partial charge in [-0.05, 0) is 56.3 Å². The van der Waals surface area contributed by atoms with Crippen LogP contribution in [-0.2, 0) is 9.53 Å². The highest BCUT2D eigenvalue weighted by Crippen LogP contribution is 2.37. The van der Waals surface area contributed by atoms with Crippen molar-refractivity contribution in [3.8, 4) is 22.8 Å². The minimum absolute atomic E-state index is 0.173. The van der Waals surface area contributed by atoms with Gasteiger partial charge in [0.25, 0.3) is 5.56 Å². The molecule has 4 aromatic rings. The maximum Gasteiger partial charge on any atom is 0.338 e. The summed E-state index contributed by atoms with van der Waals surface area (Å²) in [6, 6.07) is 13.1. The second-order valence-electron chi connectivity index (χ2n) is 8.74. The molecule has 2 aromatic heterocycles. The highest BCUT2D eigenvalue weighted by molar-refractivity contribution is 7.07. The van der Waals surface area contributed by atoms with Crippen molar-refractivity contribution in [3.05, 3.63) is 101 Å². The molecule has 0 radical (unpaired) electrons. The van der Waals surface area contributed by atoms with Gasteiger partial charge in [0.15, 0.2) is 4.80 Å². The van der Waals surface area contributed by atoms with Crippen LogP contribution in [0.4, 0.5) is 0 Å². The van der Waals surface area contributed by atoms with E-state index in [-0.39, 0.29) is 17.7 Å². The molecule has 11 heteroatoms. The molecular weight excluding hydrogens is 575 g/mol. The van der Waals surface area contributed by atoms with Crippen molar-refractivity contribution >= 4 is 46.6 Å². The van der Waals surface area contributed by atoms with Crippen LogP contribution in [-0.4, -0.2) is 31.4 Å². The van der Waals surface area contributed by atoms with Crippen LogP contribution in [0.5, 0.6) is 11.5 Å². The zero-order valence-electron chi connectivity index (χ0n) is 22.0. The van der Waals surface area contributed by atoms with E-state index in [9.17, 15) is 9.59 Å². The fourth-order valence-electron chi connectivity index (χ4n) is 4.49. The number of hydrogen-bond acceptors (Lipinski definition) is 8. The van der Waals surface area contributed by atoms with Gasteiger partial charge in [-0.2, -0.15) is 0 Å². The summed E-state index contributed by atoms with van der Waals surface area (Å²) >= 11 is 13.4. The molecular formula is C29H24Cl2N2O6S. The summed E-state index contributed by atoms with van der Waals surface area (Å²) < 4.78 is 24.2. The lowest BCUT2D eigenvalue weighted by Gasteiger charge is -2.26. The lowest BCUT2D eigenvalue weighted by molar-refractivity contribution is -0.139. The second-order valence-corrected chi connectivity index (χ2v) is 10.6. The topological polar surface area (TPSA) is 92.3 Å². The van der Waals surface area contributed by atoms with Crippen molar-refractivity contribution in [2.45, 2.75) is 19.9 Å². The van der Waals surface area contributed by atoms with Crippen molar-refractivity contribution in [1.82, 2.24) is 4.57 Å². The number of halogens is 2. The van der Waals surface area contributed by atoms with Gasteiger partial charge < -0.3 is 18.6 Å². The average molecular weight is 599 g/mol. The number of methoxy groups -OCH3 is 2. The number of rotatable bonds is 7. The van der Waals surface area contributed by atoms with Gasteiger partial charge in [-0.25, -0.2) is 9.79 Å². The van der Waals surface area contributed by atoms with E-state index < -0.39 is 12.0 Å². The molecule has 5 rings (SSSR count). The number of thiazole rings is 1. The van der Waals surface area contributed by atoms with Crippen molar-refractivity contribution < 1.29 is 23.4 Å². The van der Waals surface area contributed by atoms with Crippen LogP contribution in [0, 0.1) is 0 Å². The molecule has 2 aromatic carbocycles. The minimum Gasteiger partial charge on any atom is -0.497 e. The van der Waals surface area contributed by atoms with Crippen molar-refractivity contribution in [1.29, 1.82) is 0 Å². The van der Waals surface area contributed by atoms with E-state index in [1.54, 1.807) is 75.6 Å². The van der Waals surface area contributed by atoms with Crippen LogP contribution in [0.1, 0.15) is 31.2 Å². The number of hydrogen-bond donors (Lipinski definition) is 0. The molecule has 0 aliphatic carbocycles. The number of allylic oxidation sites excluding steroid dienone is 1. The maximum absolute atomic E-state index is 13.9. The Labute approximate surface area is 243 Å². The Hall–Kier alpha value is -3.79. The number of fused-ring (bicyclic) bond motifs is 1. The number of ether oxygens (including phenoxy) is 3. The molecule has 206 valence electrons. The quantitative estimate of drug-likeness (QED) is 0.265. The molecule has 1 aliphatic rings. The Morgan fingerprint density at radius 1 is 1.10 bits per heavy atom. The lowest BCUT2D eigenvalue weighted by Crippen LogP contribution is -2.40. The van der Waals surface area contributed by atoms with Gasteiger partial charge in [0.1, 0.15) is 29.1 Å². The predicted molar refractivity (Wildman–Crippen MR) is 154 cm³/mol. The third-order valence-corrected chi connectivity index (χ3v) is 8.08. The monoisotopic (exact) mass is 598 g/mol. The predicted octanol–water partition coefficient (Wildman–Crippen LogP) is 5.38. The molecule has 0 saturated carbocycles. The van der Waals surface area contributed by atoms with Crippen LogP contribution >= 0.6 is 34.5 Å². The van der Waals surface area contributed by atoms with Gasteiger partial charge in [-0.15, -0.1) is 0 Å². The number of esters is 1. The first-order valence-corrected chi connectivity index (χ1v) is 13.8. The molecule has 0 N–H and O–H groups in total. The molecule has 8 nitrogen and oxygen atoms in total. The molecule has 1 unspecified atom stereocenters. The Kier molecular flexibility index (Phi) is 7.89. The molecule has 0 fully saturated rings. The van der Waals surface area contributed by atoms with E-state index in [4.69, 9.17) is 41.8 Å². The zero-order valence-corrected chi connectivity index (χ0v) is 24.3. The molecule has 1 aliphatic heterocycles. The van der Waals surface area contributed by atoms with Crippen LogP contribution in [0.2, 0.25) is 10.0 Å². The first-order valence-electron chi connectivity index (χ1n) is 12.2. The van der Waals surface area contributed by atoms with Crippen molar-refractivity contribution in [2.75, 3.05) is 20.8 Å². The highest BCUT2D eigenvalue weighted by Gasteiger charge is 2.35. The molecule has 0 bridgehead atoms. The Bertz CT molecular complexity index is 1840. The maximum atomic E-state index is 13.9. The third-order valence-electron chi connectivity index (χ3n) is 6.36. The lowest BCUT2D eigenvalue weighted by atomic mass is 9.95. The first-order chi connectivity index (χ1) is 19.2. The SMILES string of the molecule is CCOC(=O)C1=C(C)N=c2s/c(=C\c3ccc(-c4ccc(Cl)c(Cl)c4)o3)c(=O)n2C1c1ccc(OC)cc1OC. The number of aromatic nitrogens is 1. The van der Waals surface area contributed by atoms with E-state index in [0.29, 0.717) is 53.7 Å². The summed E-state index contributed by atoms with van der Waals surface area (Å²) in [5.41, 5.74) is 1.71. The summed E-state index contributed by atoms with van der Waals surface area (Å²) in [6.07, 6.45) is 1.65. The summed E-state index contributed by atoms with van der Waals surface area (Å²) in [5, 5.41) is 0.853. The van der Waals surface area contributed by atoms with Gasteiger partial charge in [0, 0.05) is 23.3 Å².